The second kappa shape index (κ2) is 47.4. The first-order valence-electron chi connectivity index (χ1n) is 21.2. The maximum absolute atomic E-state index is 11.8. The predicted molar refractivity (Wildman–Crippen MR) is 212 cm³/mol. The first-order chi connectivity index (χ1) is 24.8. The summed E-state index contributed by atoms with van der Waals surface area (Å²) in [5, 5.41) is 19.1. The van der Waals surface area contributed by atoms with Crippen LogP contribution in [0.5, 0.6) is 0 Å². The van der Waals surface area contributed by atoms with E-state index in [1.807, 2.05) is 13.8 Å². The van der Waals surface area contributed by atoms with Crippen molar-refractivity contribution in [2.24, 2.45) is 23.7 Å². The Balaban J connectivity index is -0.000000227. The molecular weight excluding hydrogens is 794 g/mol. The van der Waals surface area contributed by atoms with Crippen LogP contribution in [0.3, 0.4) is 0 Å². The molecule has 0 saturated heterocycles. The summed E-state index contributed by atoms with van der Waals surface area (Å²) < 4.78 is 43.8. The molecule has 0 aliphatic carbocycles. The van der Waals surface area contributed by atoms with E-state index >= 15 is 0 Å². The number of phosphoric acid groups is 2. The zero-order chi connectivity index (χ0) is 40.5. The third-order valence-electron chi connectivity index (χ3n) is 9.04. The Labute approximate surface area is 348 Å². The van der Waals surface area contributed by atoms with Gasteiger partial charge in [0.1, 0.15) is 0 Å². The van der Waals surface area contributed by atoms with Gasteiger partial charge in [-0.25, -0.2) is 0 Å². The van der Waals surface area contributed by atoms with Crippen LogP contribution in [0.25, 0.3) is 0 Å². The molecule has 0 bridgehead atoms. The van der Waals surface area contributed by atoms with Crippen molar-refractivity contribution in [1.82, 2.24) is 0 Å². The summed E-state index contributed by atoms with van der Waals surface area (Å²) in [6.07, 6.45) is 20.5. The third kappa shape index (κ3) is 49.1. The van der Waals surface area contributed by atoms with Gasteiger partial charge in [-0.05, 0) is 49.4 Å². The summed E-state index contributed by atoms with van der Waals surface area (Å²) >= 11 is 0. The van der Waals surface area contributed by atoms with Crippen molar-refractivity contribution in [3.8, 4) is 0 Å². The molecular formula is C40H86O10P2Zr. The Bertz CT molecular complexity index is 668. The summed E-state index contributed by atoms with van der Waals surface area (Å²) in [5.74, 6) is 1.21. The van der Waals surface area contributed by atoms with Gasteiger partial charge in [-0.1, -0.05) is 172 Å². The van der Waals surface area contributed by atoms with Crippen molar-refractivity contribution in [2.45, 2.75) is 198 Å². The van der Waals surface area contributed by atoms with Gasteiger partial charge in [0.2, 0.25) is 0 Å². The second-order valence-corrected chi connectivity index (χ2v) is 16.7. The predicted octanol–water partition coefficient (Wildman–Crippen LogP) is 10.1. The fourth-order valence-electron chi connectivity index (χ4n) is 4.74. The van der Waals surface area contributed by atoms with E-state index in [0.717, 1.165) is 128 Å². The number of rotatable bonds is 32. The summed E-state index contributed by atoms with van der Waals surface area (Å²) in [5.41, 5.74) is 0. The molecule has 0 aromatic rings. The average Bonchev–Trinajstić information content (AvgIpc) is 3.13. The van der Waals surface area contributed by atoms with E-state index in [-0.39, 0.29) is 65.8 Å². The molecule has 53 heavy (non-hydrogen) atoms. The van der Waals surface area contributed by atoms with Crippen LogP contribution in [0.2, 0.25) is 0 Å². The molecule has 0 N–H and O–H groups in total. The molecule has 4 unspecified atom stereocenters. The molecule has 0 aliphatic rings. The standard InChI is InChI=1S/2C16H35O4P.2C4H9O.Zr/c2*1-5-9-11-15(7-3)13-19-21(17,18)20-14-16(8-4)12-10-6-2;2*1-2-3-4-5;/h2*15-16H,5-14H2,1-4H3,(H,17,18);2*2-4H2,1H3;/q;;2*-1;+4/p-2. The Morgan fingerprint density at radius 1 is 0.396 bits per heavy atom. The van der Waals surface area contributed by atoms with E-state index < -0.39 is 15.6 Å². The first-order valence-corrected chi connectivity index (χ1v) is 24.1. The topological polar surface area (TPSA) is 163 Å². The van der Waals surface area contributed by atoms with Gasteiger partial charge in [0.25, 0.3) is 15.6 Å². The largest absolute Gasteiger partial charge is 4.00 e. The van der Waals surface area contributed by atoms with Crippen molar-refractivity contribution in [1.29, 1.82) is 0 Å². The van der Waals surface area contributed by atoms with Gasteiger partial charge < -0.3 is 38.1 Å². The van der Waals surface area contributed by atoms with E-state index in [1.165, 1.54) is 0 Å². The van der Waals surface area contributed by atoms with Gasteiger partial charge >= 0.3 is 26.2 Å². The SMILES string of the molecule is CCCCC(CC)COP(=O)([O-])OCC(CC)CCCC.CCCCC(CC)COP(=O)([O-])OCC(CC)CCCC.CCCC[O-].CCCC[O-].[Zr+4]. The van der Waals surface area contributed by atoms with Crippen LogP contribution in [0.15, 0.2) is 0 Å². The Kier molecular flexibility index (Phi) is 56.5. The molecule has 0 fully saturated rings. The number of unbranched alkanes of at least 4 members (excludes halogenated alkanes) is 6. The molecule has 320 valence electrons. The van der Waals surface area contributed by atoms with E-state index in [4.69, 9.17) is 18.1 Å². The van der Waals surface area contributed by atoms with Crippen molar-refractivity contribution in [3.05, 3.63) is 0 Å². The number of hydrogen-bond acceptors (Lipinski definition) is 10. The van der Waals surface area contributed by atoms with E-state index in [9.17, 15) is 29.1 Å². The summed E-state index contributed by atoms with van der Waals surface area (Å²) in [6, 6.07) is 0. The van der Waals surface area contributed by atoms with Crippen molar-refractivity contribution in [3.63, 3.8) is 0 Å². The maximum Gasteiger partial charge on any atom is 4.00 e. The van der Waals surface area contributed by atoms with Crippen LogP contribution in [0.4, 0.5) is 0 Å². The first kappa shape index (κ1) is 63.2. The van der Waals surface area contributed by atoms with Gasteiger partial charge in [-0.3, -0.25) is 9.13 Å². The van der Waals surface area contributed by atoms with Crippen LogP contribution in [0.1, 0.15) is 198 Å². The van der Waals surface area contributed by atoms with Crippen LogP contribution >= 0.6 is 15.6 Å². The molecule has 0 aromatic heterocycles. The van der Waals surface area contributed by atoms with Crippen molar-refractivity contribution >= 4 is 15.6 Å². The number of phosphoric ester groups is 2. The number of hydrogen-bond donors (Lipinski definition) is 0. The summed E-state index contributed by atoms with van der Waals surface area (Å²) in [6.45, 7) is 22.0. The zero-order valence-corrected chi connectivity index (χ0v) is 40.4. The molecule has 0 radical (unpaired) electrons. The van der Waals surface area contributed by atoms with Crippen molar-refractivity contribution < 1.29 is 73.4 Å². The molecule has 0 aliphatic heterocycles. The van der Waals surface area contributed by atoms with Crippen LogP contribution in [-0.4, -0.2) is 39.6 Å². The Morgan fingerprint density at radius 2 is 0.585 bits per heavy atom. The monoisotopic (exact) mass is 878 g/mol. The molecule has 0 amide bonds. The van der Waals surface area contributed by atoms with Gasteiger partial charge in [0.05, 0.1) is 26.4 Å². The van der Waals surface area contributed by atoms with Crippen LogP contribution in [-0.2, 0) is 53.4 Å². The van der Waals surface area contributed by atoms with Crippen LogP contribution in [0, 0.1) is 23.7 Å². The van der Waals surface area contributed by atoms with E-state index in [2.05, 4.69) is 55.4 Å². The summed E-state index contributed by atoms with van der Waals surface area (Å²) in [7, 11) is -8.28. The van der Waals surface area contributed by atoms with Gasteiger partial charge in [0.15, 0.2) is 0 Å². The molecule has 13 heteroatoms. The minimum Gasteiger partial charge on any atom is -0.854 e. The Morgan fingerprint density at radius 3 is 0.698 bits per heavy atom. The van der Waals surface area contributed by atoms with E-state index in [1.54, 1.807) is 0 Å². The molecule has 0 rings (SSSR count). The summed E-state index contributed by atoms with van der Waals surface area (Å²) in [4.78, 5) is 23.6. The van der Waals surface area contributed by atoms with Crippen molar-refractivity contribution in [2.75, 3.05) is 39.6 Å². The molecule has 0 spiro atoms. The minimum atomic E-state index is -4.14. The zero-order valence-electron chi connectivity index (χ0n) is 36.2. The minimum absolute atomic E-state index is 0. The molecule has 4 atom stereocenters. The average molecular weight is 880 g/mol. The quantitative estimate of drug-likeness (QED) is 0.0594. The molecule has 10 nitrogen and oxygen atoms in total. The fraction of sp³-hybridized carbons (Fsp3) is 1.00. The Hall–Kier alpha value is 1.02. The second-order valence-electron chi connectivity index (χ2n) is 13.9. The maximum atomic E-state index is 11.8. The van der Waals surface area contributed by atoms with E-state index in [0.29, 0.717) is 23.7 Å². The van der Waals surface area contributed by atoms with Crippen LogP contribution < -0.4 is 20.0 Å². The molecule has 0 saturated carbocycles. The normalized spacial score (nSPS) is 15.4. The molecule has 0 aromatic carbocycles. The third-order valence-corrected chi connectivity index (χ3v) is 10.9. The van der Waals surface area contributed by atoms with Gasteiger partial charge in [0, 0.05) is 0 Å². The van der Waals surface area contributed by atoms with Gasteiger partial charge in [-0.15, -0.1) is 13.2 Å². The van der Waals surface area contributed by atoms with Gasteiger partial charge in [-0.2, -0.15) is 0 Å². The fourth-order valence-corrected chi connectivity index (χ4v) is 6.47. The molecule has 0 heterocycles. The smallest absolute Gasteiger partial charge is 0.854 e.